The molecule has 0 fully saturated rings. The highest BCUT2D eigenvalue weighted by Gasteiger charge is 2.01. The SMILES string of the molecule is Brc1ccc2nc(-c3ccccc3)ccc2c1. The molecule has 3 rings (SSSR count). The average Bonchev–Trinajstić information content (AvgIpc) is 2.39. The normalized spacial score (nSPS) is 10.6. The lowest BCUT2D eigenvalue weighted by Crippen LogP contribution is -1.84. The predicted molar refractivity (Wildman–Crippen MR) is 74.9 cm³/mol. The minimum atomic E-state index is 1.01. The van der Waals surface area contributed by atoms with Crippen LogP contribution in [0.5, 0.6) is 0 Å². The van der Waals surface area contributed by atoms with E-state index in [-0.39, 0.29) is 0 Å². The van der Waals surface area contributed by atoms with Crippen LogP contribution in [0.25, 0.3) is 22.2 Å². The summed E-state index contributed by atoms with van der Waals surface area (Å²) in [5, 5.41) is 1.15. The van der Waals surface area contributed by atoms with Crippen molar-refractivity contribution in [1.29, 1.82) is 0 Å². The zero-order valence-electron chi connectivity index (χ0n) is 9.10. The minimum absolute atomic E-state index is 1.01. The molecule has 0 bridgehead atoms. The van der Waals surface area contributed by atoms with Crippen molar-refractivity contribution in [1.82, 2.24) is 4.98 Å². The van der Waals surface area contributed by atoms with Crippen LogP contribution in [-0.2, 0) is 0 Å². The van der Waals surface area contributed by atoms with Crippen LogP contribution in [0.4, 0.5) is 0 Å². The van der Waals surface area contributed by atoms with E-state index in [2.05, 4.69) is 51.2 Å². The highest BCUT2D eigenvalue weighted by atomic mass is 79.9. The van der Waals surface area contributed by atoms with Crippen molar-refractivity contribution in [2.45, 2.75) is 0 Å². The van der Waals surface area contributed by atoms with Crippen LogP contribution in [0, 0.1) is 0 Å². The van der Waals surface area contributed by atoms with Gasteiger partial charge >= 0.3 is 0 Å². The van der Waals surface area contributed by atoms with Gasteiger partial charge in [0.25, 0.3) is 0 Å². The topological polar surface area (TPSA) is 12.9 Å². The maximum absolute atomic E-state index is 4.67. The van der Waals surface area contributed by atoms with Crippen molar-refractivity contribution in [2.75, 3.05) is 0 Å². The van der Waals surface area contributed by atoms with Crippen molar-refractivity contribution in [3.8, 4) is 11.3 Å². The Labute approximate surface area is 108 Å². The van der Waals surface area contributed by atoms with E-state index in [0.29, 0.717) is 0 Å². The fraction of sp³-hybridized carbons (Fsp3) is 0. The molecule has 0 N–H and O–H groups in total. The molecule has 0 saturated carbocycles. The summed E-state index contributed by atoms with van der Waals surface area (Å²) >= 11 is 3.47. The van der Waals surface area contributed by atoms with Crippen LogP contribution in [0.15, 0.2) is 65.1 Å². The van der Waals surface area contributed by atoms with Gasteiger partial charge in [0.15, 0.2) is 0 Å². The Hall–Kier alpha value is -1.67. The molecule has 0 amide bonds. The highest BCUT2D eigenvalue weighted by molar-refractivity contribution is 9.10. The smallest absolute Gasteiger partial charge is 0.0710 e. The van der Waals surface area contributed by atoms with E-state index in [0.717, 1.165) is 26.6 Å². The summed E-state index contributed by atoms with van der Waals surface area (Å²) in [6.45, 7) is 0. The summed E-state index contributed by atoms with van der Waals surface area (Å²) < 4.78 is 1.08. The summed E-state index contributed by atoms with van der Waals surface area (Å²) in [5.74, 6) is 0. The molecule has 3 aromatic rings. The maximum Gasteiger partial charge on any atom is 0.0710 e. The number of nitrogens with zero attached hydrogens (tertiary/aromatic N) is 1. The number of fused-ring (bicyclic) bond motifs is 1. The van der Waals surface area contributed by atoms with Crippen molar-refractivity contribution in [3.05, 3.63) is 65.1 Å². The second-order valence-corrected chi connectivity index (χ2v) is 4.82. The van der Waals surface area contributed by atoms with Gasteiger partial charge in [0, 0.05) is 15.4 Å². The molecular formula is C15H10BrN. The molecule has 0 unspecified atom stereocenters. The van der Waals surface area contributed by atoms with Crippen LogP contribution in [-0.4, -0.2) is 4.98 Å². The first-order valence-electron chi connectivity index (χ1n) is 5.45. The van der Waals surface area contributed by atoms with Crippen LogP contribution >= 0.6 is 15.9 Å². The van der Waals surface area contributed by atoms with E-state index in [1.165, 1.54) is 0 Å². The summed E-state index contributed by atoms with van der Waals surface area (Å²) in [5.41, 5.74) is 3.19. The van der Waals surface area contributed by atoms with Crippen molar-refractivity contribution >= 4 is 26.8 Å². The molecule has 0 aliphatic rings. The summed E-state index contributed by atoms with van der Waals surface area (Å²) in [6, 6.07) is 20.5. The third kappa shape index (κ3) is 2.08. The van der Waals surface area contributed by atoms with E-state index >= 15 is 0 Å². The molecule has 2 heteroatoms. The summed E-state index contributed by atoms with van der Waals surface area (Å²) in [6.07, 6.45) is 0. The average molecular weight is 284 g/mol. The molecule has 0 saturated heterocycles. The highest BCUT2D eigenvalue weighted by Crippen LogP contribution is 2.23. The molecular weight excluding hydrogens is 274 g/mol. The third-order valence-electron chi connectivity index (χ3n) is 2.72. The van der Waals surface area contributed by atoms with Gasteiger partial charge in [0.05, 0.1) is 11.2 Å². The molecule has 17 heavy (non-hydrogen) atoms. The van der Waals surface area contributed by atoms with Crippen molar-refractivity contribution < 1.29 is 0 Å². The monoisotopic (exact) mass is 283 g/mol. The van der Waals surface area contributed by atoms with Gasteiger partial charge in [-0.15, -0.1) is 0 Å². The van der Waals surface area contributed by atoms with Crippen LogP contribution in [0.3, 0.4) is 0 Å². The summed E-state index contributed by atoms with van der Waals surface area (Å²) in [7, 11) is 0. The Bertz CT molecular complexity index is 662. The molecule has 2 aromatic carbocycles. The number of aromatic nitrogens is 1. The Morgan fingerprint density at radius 3 is 2.47 bits per heavy atom. The standard InChI is InChI=1S/C15H10BrN/c16-13-7-9-15-12(10-13)6-8-14(17-15)11-4-2-1-3-5-11/h1-10H. The zero-order chi connectivity index (χ0) is 11.7. The first-order valence-corrected chi connectivity index (χ1v) is 6.24. The molecule has 0 atom stereocenters. The van der Waals surface area contributed by atoms with Gasteiger partial charge in [-0.25, -0.2) is 4.98 Å². The molecule has 0 aliphatic heterocycles. The Morgan fingerprint density at radius 2 is 1.65 bits per heavy atom. The van der Waals surface area contributed by atoms with E-state index in [4.69, 9.17) is 0 Å². The van der Waals surface area contributed by atoms with Gasteiger partial charge in [0.1, 0.15) is 0 Å². The Morgan fingerprint density at radius 1 is 0.824 bits per heavy atom. The van der Waals surface area contributed by atoms with Gasteiger partial charge in [-0.05, 0) is 24.3 Å². The molecule has 0 spiro atoms. The predicted octanol–water partition coefficient (Wildman–Crippen LogP) is 4.66. The second-order valence-electron chi connectivity index (χ2n) is 3.90. The first-order chi connectivity index (χ1) is 8.33. The fourth-order valence-electron chi connectivity index (χ4n) is 1.87. The lowest BCUT2D eigenvalue weighted by Gasteiger charge is -2.03. The lowest BCUT2D eigenvalue weighted by molar-refractivity contribution is 1.40. The fourth-order valence-corrected chi connectivity index (χ4v) is 2.24. The number of halogens is 1. The van der Waals surface area contributed by atoms with E-state index < -0.39 is 0 Å². The maximum atomic E-state index is 4.67. The Balaban J connectivity index is 2.17. The van der Waals surface area contributed by atoms with Crippen molar-refractivity contribution in [3.63, 3.8) is 0 Å². The molecule has 82 valence electrons. The van der Waals surface area contributed by atoms with E-state index in [1.54, 1.807) is 0 Å². The number of pyridine rings is 1. The molecule has 1 aromatic heterocycles. The number of hydrogen-bond donors (Lipinski definition) is 0. The number of benzene rings is 2. The van der Waals surface area contributed by atoms with Crippen LogP contribution < -0.4 is 0 Å². The van der Waals surface area contributed by atoms with Gasteiger partial charge in [0.2, 0.25) is 0 Å². The van der Waals surface area contributed by atoms with Gasteiger partial charge < -0.3 is 0 Å². The van der Waals surface area contributed by atoms with E-state index in [1.807, 2.05) is 30.3 Å². The minimum Gasteiger partial charge on any atom is -0.248 e. The van der Waals surface area contributed by atoms with Gasteiger partial charge in [-0.1, -0.05) is 52.3 Å². The quantitative estimate of drug-likeness (QED) is 0.633. The Kier molecular flexibility index (Phi) is 2.65. The largest absolute Gasteiger partial charge is 0.248 e. The van der Waals surface area contributed by atoms with E-state index in [9.17, 15) is 0 Å². The van der Waals surface area contributed by atoms with Crippen molar-refractivity contribution in [2.24, 2.45) is 0 Å². The third-order valence-corrected chi connectivity index (χ3v) is 3.21. The molecule has 0 aliphatic carbocycles. The van der Waals surface area contributed by atoms with Crippen LogP contribution in [0.2, 0.25) is 0 Å². The number of rotatable bonds is 1. The summed E-state index contributed by atoms with van der Waals surface area (Å²) in [4.78, 5) is 4.67. The molecule has 1 nitrogen and oxygen atoms in total. The zero-order valence-corrected chi connectivity index (χ0v) is 10.7. The lowest BCUT2D eigenvalue weighted by atomic mass is 10.1. The second kappa shape index (κ2) is 4.30. The first kappa shape index (κ1) is 10.5. The number of hydrogen-bond acceptors (Lipinski definition) is 1. The molecule has 1 heterocycles. The van der Waals surface area contributed by atoms with Gasteiger partial charge in [-0.3, -0.25) is 0 Å². The van der Waals surface area contributed by atoms with Crippen LogP contribution in [0.1, 0.15) is 0 Å². The molecule has 0 radical (unpaired) electrons. The van der Waals surface area contributed by atoms with Gasteiger partial charge in [-0.2, -0.15) is 0 Å².